The van der Waals surface area contributed by atoms with E-state index in [4.69, 9.17) is 11.6 Å². The molecular formula is C14H18ClFN2O. The number of piperazine rings is 3. The van der Waals surface area contributed by atoms with Crippen LogP contribution in [0.1, 0.15) is 5.56 Å². The molecule has 3 aliphatic rings. The Morgan fingerprint density at radius 1 is 1.32 bits per heavy atom. The highest BCUT2D eigenvalue weighted by atomic mass is 35.5. The third-order valence-electron chi connectivity index (χ3n) is 4.20. The van der Waals surface area contributed by atoms with Gasteiger partial charge in [0.25, 0.3) is 0 Å². The number of halogens is 2. The maximum Gasteiger partial charge on any atom is 0.123 e. The lowest BCUT2D eigenvalue weighted by molar-refractivity contribution is -0.0453. The summed E-state index contributed by atoms with van der Waals surface area (Å²) in [6.45, 7) is 5.10. The van der Waals surface area contributed by atoms with E-state index in [1.807, 2.05) is 0 Å². The molecule has 2 unspecified atom stereocenters. The van der Waals surface area contributed by atoms with E-state index in [0.717, 1.165) is 32.7 Å². The molecule has 0 radical (unpaired) electrons. The van der Waals surface area contributed by atoms with Crippen LogP contribution < -0.4 is 0 Å². The quantitative estimate of drug-likeness (QED) is 0.909. The second kappa shape index (κ2) is 5.37. The minimum Gasteiger partial charge on any atom is -0.391 e. The average molecular weight is 285 g/mol. The molecule has 0 aliphatic carbocycles. The summed E-state index contributed by atoms with van der Waals surface area (Å²) in [4.78, 5) is 4.71. The minimum absolute atomic E-state index is 0.141. The van der Waals surface area contributed by atoms with Crippen LogP contribution in [0.4, 0.5) is 4.39 Å². The van der Waals surface area contributed by atoms with Crippen molar-refractivity contribution in [2.24, 2.45) is 0 Å². The molecule has 3 heterocycles. The molecule has 3 nitrogen and oxygen atoms in total. The molecule has 1 aromatic carbocycles. The lowest BCUT2D eigenvalue weighted by Gasteiger charge is -2.49. The summed E-state index contributed by atoms with van der Waals surface area (Å²) in [7, 11) is 0. The third kappa shape index (κ3) is 2.77. The molecule has 4 rings (SSSR count). The number of benzene rings is 1. The van der Waals surface area contributed by atoms with Gasteiger partial charge in [-0.1, -0.05) is 11.6 Å². The van der Waals surface area contributed by atoms with Crippen molar-refractivity contribution in [1.29, 1.82) is 0 Å². The van der Waals surface area contributed by atoms with Gasteiger partial charge in [0.15, 0.2) is 0 Å². The van der Waals surface area contributed by atoms with Crippen molar-refractivity contribution in [3.05, 3.63) is 34.6 Å². The number of aliphatic hydroxyl groups is 1. The van der Waals surface area contributed by atoms with E-state index in [2.05, 4.69) is 9.80 Å². The van der Waals surface area contributed by atoms with Crippen LogP contribution in [0.15, 0.2) is 18.2 Å². The summed E-state index contributed by atoms with van der Waals surface area (Å²) < 4.78 is 13.2. The van der Waals surface area contributed by atoms with Crippen LogP contribution in [0.2, 0.25) is 5.02 Å². The van der Waals surface area contributed by atoms with Gasteiger partial charge in [-0.15, -0.1) is 0 Å². The first-order valence-corrected chi connectivity index (χ1v) is 7.09. The SMILES string of the molecule is OC(Cc1cc(F)ccc1Cl)C1CN2CCN1CC2. The van der Waals surface area contributed by atoms with Crippen molar-refractivity contribution < 1.29 is 9.50 Å². The van der Waals surface area contributed by atoms with Crippen LogP contribution in [-0.2, 0) is 6.42 Å². The van der Waals surface area contributed by atoms with Crippen LogP contribution in [0.5, 0.6) is 0 Å². The second-order valence-electron chi connectivity index (χ2n) is 5.41. The largest absolute Gasteiger partial charge is 0.391 e. The molecule has 3 fully saturated rings. The van der Waals surface area contributed by atoms with Gasteiger partial charge in [0.2, 0.25) is 0 Å². The van der Waals surface area contributed by atoms with Crippen LogP contribution in [0.25, 0.3) is 0 Å². The predicted molar refractivity (Wildman–Crippen MR) is 72.9 cm³/mol. The third-order valence-corrected chi connectivity index (χ3v) is 4.57. The first kappa shape index (κ1) is 13.3. The van der Waals surface area contributed by atoms with Gasteiger partial charge in [-0.05, 0) is 23.8 Å². The maximum atomic E-state index is 13.2. The normalized spacial score (nSPS) is 31.4. The van der Waals surface area contributed by atoms with Crippen molar-refractivity contribution in [3.8, 4) is 0 Å². The molecule has 0 aromatic heterocycles. The fraction of sp³-hybridized carbons (Fsp3) is 0.571. The van der Waals surface area contributed by atoms with E-state index >= 15 is 0 Å². The Labute approximate surface area is 117 Å². The van der Waals surface area contributed by atoms with Crippen LogP contribution in [0.3, 0.4) is 0 Å². The Morgan fingerprint density at radius 3 is 2.68 bits per heavy atom. The van der Waals surface area contributed by atoms with Crippen molar-refractivity contribution in [2.45, 2.75) is 18.6 Å². The summed E-state index contributed by atoms with van der Waals surface area (Å²) in [5.74, 6) is -0.305. The lowest BCUT2D eigenvalue weighted by atomic mass is 9.97. The van der Waals surface area contributed by atoms with Crippen molar-refractivity contribution in [3.63, 3.8) is 0 Å². The Balaban J connectivity index is 1.71. The highest BCUT2D eigenvalue weighted by Gasteiger charge is 2.36. The van der Waals surface area contributed by atoms with E-state index in [1.54, 1.807) is 6.07 Å². The summed E-state index contributed by atoms with van der Waals surface area (Å²) >= 11 is 6.06. The van der Waals surface area contributed by atoms with E-state index in [0.29, 0.717) is 17.0 Å². The monoisotopic (exact) mass is 284 g/mol. The van der Waals surface area contributed by atoms with E-state index in [-0.39, 0.29) is 11.9 Å². The van der Waals surface area contributed by atoms with E-state index in [9.17, 15) is 9.50 Å². The molecular weight excluding hydrogens is 267 g/mol. The molecule has 3 saturated heterocycles. The highest BCUT2D eigenvalue weighted by Crippen LogP contribution is 2.23. The highest BCUT2D eigenvalue weighted by molar-refractivity contribution is 6.31. The summed E-state index contributed by atoms with van der Waals surface area (Å²) in [6, 6.07) is 4.45. The molecule has 0 amide bonds. The van der Waals surface area contributed by atoms with Crippen LogP contribution >= 0.6 is 11.6 Å². The molecule has 0 saturated carbocycles. The standard InChI is InChI=1S/C14H18ClFN2O/c15-12-2-1-11(16)7-10(12)8-14(19)13-9-17-3-5-18(13)6-4-17/h1-2,7,13-14,19H,3-6,8-9H2. The molecule has 3 aliphatic heterocycles. The summed E-state index contributed by atoms with van der Waals surface area (Å²) in [5.41, 5.74) is 0.687. The number of fused-ring (bicyclic) bond motifs is 3. The van der Waals surface area contributed by atoms with Gasteiger partial charge in [-0.2, -0.15) is 0 Å². The molecule has 104 valence electrons. The van der Waals surface area contributed by atoms with Crippen molar-refractivity contribution in [2.75, 3.05) is 32.7 Å². The number of hydrogen-bond donors (Lipinski definition) is 1. The molecule has 1 N–H and O–H groups in total. The number of aliphatic hydroxyl groups excluding tert-OH is 1. The first-order chi connectivity index (χ1) is 9.13. The minimum atomic E-state index is -0.498. The van der Waals surface area contributed by atoms with Gasteiger partial charge < -0.3 is 5.11 Å². The van der Waals surface area contributed by atoms with Crippen LogP contribution in [0, 0.1) is 5.82 Å². The molecule has 19 heavy (non-hydrogen) atoms. The Morgan fingerprint density at radius 2 is 2.05 bits per heavy atom. The zero-order chi connectivity index (χ0) is 13.4. The van der Waals surface area contributed by atoms with Gasteiger partial charge in [-0.25, -0.2) is 4.39 Å². The zero-order valence-corrected chi connectivity index (χ0v) is 11.5. The molecule has 2 bridgehead atoms. The predicted octanol–water partition coefficient (Wildman–Crippen LogP) is 1.38. The lowest BCUT2D eigenvalue weighted by Crippen LogP contribution is -2.64. The fourth-order valence-corrected chi connectivity index (χ4v) is 3.28. The topological polar surface area (TPSA) is 26.7 Å². The van der Waals surface area contributed by atoms with Gasteiger partial charge in [0.1, 0.15) is 5.82 Å². The van der Waals surface area contributed by atoms with E-state index in [1.165, 1.54) is 12.1 Å². The number of hydrogen-bond acceptors (Lipinski definition) is 3. The first-order valence-electron chi connectivity index (χ1n) is 6.72. The molecule has 2 atom stereocenters. The Bertz CT molecular complexity index is 463. The Kier molecular flexibility index (Phi) is 3.76. The average Bonchev–Trinajstić information content (AvgIpc) is 2.44. The maximum absolute atomic E-state index is 13.2. The fourth-order valence-electron chi connectivity index (χ4n) is 3.08. The smallest absolute Gasteiger partial charge is 0.123 e. The van der Waals surface area contributed by atoms with Crippen LogP contribution in [-0.4, -0.2) is 59.8 Å². The summed E-state index contributed by atoms with van der Waals surface area (Å²) in [6.07, 6.45) is -0.0894. The van der Waals surface area contributed by atoms with Gasteiger partial charge in [0, 0.05) is 50.2 Å². The van der Waals surface area contributed by atoms with Gasteiger partial charge in [-0.3, -0.25) is 9.80 Å². The van der Waals surface area contributed by atoms with Crippen molar-refractivity contribution >= 4 is 11.6 Å². The second-order valence-corrected chi connectivity index (χ2v) is 5.82. The Hall–Kier alpha value is -0.680. The van der Waals surface area contributed by atoms with Gasteiger partial charge in [0.05, 0.1) is 6.10 Å². The molecule has 5 heteroatoms. The zero-order valence-electron chi connectivity index (χ0n) is 10.7. The molecule has 0 spiro atoms. The summed E-state index contributed by atoms with van der Waals surface area (Å²) in [5, 5.41) is 10.9. The van der Waals surface area contributed by atoms with E-state index < -0.39 is 6.10 Å². The van der Waals surface area contributed by atoms with Crippen molar-refractivity contribution in [1.82, 2.24) is 9.80 Å². The number of nitrogens with zero attached hydrogens (tertiary/aromatic N) is 2. The molecule has 1 aromatic rings. The van der Waals surface area contributed by atoms with Gasteiger partial charge >= 0.3 is 0 Å². The number of rotatable bonds is 3.